The Morgan fingerprint density at radius 3 is 2.47 bits per heavy atom. The molecule has 1 aromatic carbocycles. The molecule has 0 saturated heterocycles. The molecule has 0 aromatic heterocycles. The number of rotatable bonds is 5. The van der Waals surface area contributed by atoms with E-state index >= 15 is 0 Å². The van der Waals surface area contributed by atoms with Crippen LogP contribution < -0.4 is 0 Å². The van der Waals surface area contributed by atoms with Crippen LogP contribution in [0.2, 0.25) is 0 Å². The van der Waals surface area contributed by atoms with Crippen LogP contribution in [0.15, 0.2) is 23.1 Å². The van der Waals surface area contributed by atoms with E-state index in [2.05, 4.69) is 0 Å². The normalized spacial score (nSPS) is 12.1. The minimum absolute atomic E-state index is 0.498. The summed E-state index contributed by atoms with van der Waals surface area (Å²) in [7, 11) is -4.17. The third kappa shape index (κ3) is 3.51. The third-order valence-corrected chi connectivity index (χ3v) is 4.58. The van der Waals surface area contributed by atoms with Gasteiger partial charge in [0.2, 0.25) is 10.0 Å². The zero-order chi connectivity index (χ0) is 14.8. The van der Waals surface area contributed by atoms with Crippen molar-refractivity contribution in [3.05, 3.63) is 29.6 Å². The molecule has 1 aromatic rings. The molecule has 19 heavy (non-hydrogen) atoms. The Morgan fingerprint density at radius 1 is 1.42 bits per heavy atom. The van der Waals surface area contributed by atoms with Crippen LogP contribution in [0.1, 0.15) is 19.4 Å². The lowest BCUT2D eigenvalue weighted by molar-refractivity contribution is -0.137. The monoisotopic (exact) mass is 289 g/mol. The quantitative estimate of drug-likeness (QED) is 0.893. The second kappa shape index (κ2) is 5.66. The molecule has 7 heteroatoms. The molecule has 0 aliphatic heterocycles. The maximum Gasteiger partial charge on any atom is 0.318 e. The number of halogens is 1. The maximum absolute atomic E-state index is 13.7. The van der Waals surface area contributed by atoms with E-state index in [1.165, 1.54) is 26.0 Å². The van der Waals surface area contributed by atoms with E-state index in [9.17, 15) is 17.6 Å². The van der Waals surface area contributed by atoms with Gasteiger partial charge in [0, 0.05) is 6.04 Å². The number of hydrogen-bond acceptors (Lipinski definition) is 3. The number of carboxylic acid groups (broad SMARTS) is 1. The van der Waals surface area contributed by atoms with Gasteiger partial charge in [-0.2, -0.15) is 4.31 Å². The molecule has 0 aliphatic rings. The number of benzene rings is 1. The molecule has 0 fully saturated rings. The standard InChI is InChI=1S/C12H16FNO4S/c1-8(2)14(7-12(15)16)19(17,18)11-6-9(3)4-5-10(11)13/h4-6,8H,7H2,1-3H3,(H,15,16). The summed E-state index contributed by atoms with van der Waals surface area (Å²) in [6.45, 7) is 4.01. The zero-order valence-corrected chi connectivity index (χ0v) is 11.7. The Bertz CT molecular complexity index is 583. The van der Waals surface area contributed by atoms with Gasteiger partial charge in [-0.3, -0.25) is 4.79 Å². The number of aryl methyl sites for hydroxylation is 1. The van der Waals surface area contributed by atoms with Crippen LogP contribution in [0.3, 0.4) is 0 Å². The van der Waals surface area contributed by atoms with Crippen molar-refractivity contribution in [1.29, 1.82) is 0 Å². The molecule has 0 bridgehead atoms. The summed E-state index contributed by atoms with van der Waals surface area (Å²) in [5.74, 6) is -2.17. The number of aliphatic carboxylic acids is 1. The topological polar surface area (TPSA) is 74.7 Å². The average molecular weight is 289 g/mol. The Balaban J connectivity index is 3.34. The molecule has 0 spiro atoms. The fraction of sp³-hybridized carbons (Fsp3) is 0.417. The molecule has 5 nitrogen and oxygen atoms in total. The van der Waals surface area contributed by atoms with Crippen molar-refractivity contribution >= 4 is 16.0 Å². The molecule has 1 rings (SSSR count). The highest BCUT2D eigenvalue weighted by Crippen LogP contribution is 2.22. The van der Waals surface area contributed by atoms with Crippen LogP contribution in [0, 0.1) is 12.7 Å². The van der Waals surface area contributed by atoms with E-state index in [4.69, 9.17) is 5.11 Å². The van der Waals surface area contributed by atoms with Crippen molar-refractivity contribution in [2.75, 3.05) is 6.54 Å². The molecule has 1 N–H and O–H groups in total. The molecule has 0 heterocycles. The van der Waals surface area contributed by atoms with Crippen molar-refractivity contribution < 1.29 is 22.7 Å². The number of hydrogen-bond donors (Lipinski definition) is 1. The first-order valence-corrected chi connectivity index (χ1v) is 7.10. The van der Waals surface area contributed by atoms with Crippen LogP contribution in [-0.2, 0) is 14.8 Å². The van der Waals surface area contributed by atoms with E-state index in [1.807, 2.05) is 0 Å². The van der Waals surface area contributed by atoms with Crippen LogP contribution in [0.5, 0.6) is 0 Å². The summed E-state index contributed by atoms with van der Waals surface area (Å²) in [5.41, 5.74) is 0.582. The lowest BCUT2D eigenvalue weighted by Gasteiger charge is -2.24. The molecule has 0 unspecified atom stereocenters. The molecule has 106 valence electrons. The second-order valence-corrected chi connectivity index (χ2v) is 6.33. The highest BCUT2D eigenvalue weighted by Gasteiger charge is 2.31. The van der Waals surface area contributed by atoms with Gasteiger partial charge in [-0.1, -0.05) is 6.07 Å². The zero-order valence-electron chi connectivity index (χ0n) is 10.9. The number of sulfonamides is 1. The molecule has 0 radical (unpaired) electrons. The first kappa shape index (κ1) is 15.6. The van der Waals surface area contributed by atoms with Crippen molar-refractivity contribution in [3.63, 3.8) is 0 Å². The molecular formula is C12H16FNO4S. The molecule has 0 atom stereocenters. The molecule has 0 amide bonds. The number of carboxylic acids is 1. The summed E-state index contributed by atoms with van der Waals surface area (Å²) in [4.78, 5) is 10.2. The van der Waals surface area contributed by atoms with E-state index < -0.39 is 39.3 Å². The predicted octanol–water partition coefficient (Wildman–Crippen LogP) is 1.62. The van der Waals surface area contributed by atoms with Gasteiger partial charge in [0.15, 0.2) is 0 Å². The first-order valence-electron chi connectivity index (χ1n) is 5.66. The van der Waals surface area contributed by atoms with Gasteiger partial charge in [0.25, 0.3) is 0 Å². The Kier molecular flexibility index (Phi) is 4.65. The number of carbonyl (C=O) groups is 1. The second-order valence-electron chi connectivity index (χ2n) is 4.47. The Morgan fingerprint density at radius 2 is 2.00 bits per heavy atom. The molecule has 0 saturated carbocycles. The van der Waals surface area contributed by atoms with Gasteiger partial charge in [0.05, 0.1) is 0 Å². The van der Waals surface area contributed by atoms with E-state index in [0.717, 1.165) is 10.4 Å². The van der Waals surface area contributed by atoms with E-state index in [-0.39, 0.29) is 0 Å². The van der Waals surface area contributed by atoms with Crippen LogP contribution in [0.25, 0.3) is 0 Å². The lowest BCUT2D eigenvalue weighted by atomic mass is 10.2. The molecular weight excluding hydrogens is 273 g/mol. The van der Waals surface area contributed by atoms with Crippen molar-refractivity contribution in [3.8, 4) is 0 Å². The van der Waals surface area contributed by atoms with Crippen molar-refractivity contribution in [2.24, 2.45) is 0 Å². The van der Waals surface area contributed by atoms with Crippen molar-refractivity contribution in [1.82, 2.24) is 4.31 Å². The maximum atomic E-state index is 13.7. The van der Waals surface area contributed by atoms with Gasteiger partial charge in [-0.05, 0) is 38.5 Å². The lowest BCUT2D eigenvalue weighted by Crippen LogP contribution is -2.40. The smallest absolute Gasteiger partial charge is 0.318 e. The summed E-state index contributed by atoms with van der Waals surface area (Å²) >= 11 is 0. The van der Waals surface area contributed by atoms with Crippen LogP contribution in [-0.4, -0.2) is 36.4 Å². The highest BCUT2D eigenvalue weighted by atomic mass is 32.2. The highest BCUT2D eigenvalue weighted by molar-refractivity contribution is 7.89. The number of nitrogens with zero attached hydrogens (tertiary/aromatic N) is 1. The predicted molar refractivity (Wildman–Crippen MR) is 67.8 cm³/mol. The fourth-order valence-corrected chi connectivity index (χ4v) is 3.35. The largest absolute Gasteiger partial charge is 0.480 e. The van der Waals surface area contributed by atoms with Gasteiger partial charge < -0.3 is 5.11 Å². The fourth-order valence-electron chi connectivity index (χ4n) is 1.61. The van der Waals surface area contributed by atoms with Gasteiger partial charge >= 0.3 is 5.97 Å². The third-order valence-electron chi connectivity index (χ3n) is 2.54. The first-order chi connectivity index (χ1) is 8.66. The summed E-state index contributed by atoms with van der Waals surface area (Å²) in [5, 5.41) is 8.77. The summed E-state index contributed by atoms with van der Waals surface area (Å²) in [6.07, 6.45) is 0. The summed E-state index contributed by atoms with van der Waals surface area (Å²) in [6, 6.07) is 3.12. The molecule has 0 aliphatic carbocycles. The Labute approximate surface area is 111 Å². The van der Waals surface area contributed by atoms with Gasteiger partial charge in [-0.25, -0.2) is 12.8 Å². The summed E-state index contributed by atoms with van der Waals surface area (Å²) < 4.78 is 39.0. The minimum atomic E-state index is -4.17. The van der Waals surface area contributed by atoms with Crippen LogP contribution >= 0.6 is 0 Å². The minimum Gasteiger partial charge on any atom is -0.480 e. The van der Waals surface area contributed by atoms with Gasteiger partial charge in [-0.15, -0.1) is 0 Å². The SMILES string of the molecule is Cc1ccc(F)c(S(=O)(=O)N(CC(=O)O)C(C)C)c1. The van der Waals surface area contributed by atoms with Crippen molar-refractivity contribution in [2.45, 2.75) is 31.7 Å². The van der Waals surface area contributed by atoms with Gasteiger partial charge in [0.1, 0.15) is 17.3 Å². The van der Waals surface area contributed by atoms with E-state index in [1.54, 1.807) is 6.92 Å². The Hall–Kier alpha value is -1.47. The average Bonchev–Trinajstić information content (AvgIpc) is 2.28. The van der Waals surface area contributed by atoms with E-state index in [0.29, 0.717) is 5.56 Å². The van der Waals surface area contributed by atoms with Crippen LogP contribution in [0.4, 0.5) is 4.39 Å².